The van der Waals surface area contributed by atoms with E-state index in [1.165, 1.54) is 22.3 Å². The number of fused-ring (bicyclic) bond motifs is 3. The Labute approximate surface area is 199 Å². The molecule has 3 aliphatic rings. The first kappa shape index (κ1) is 22.4. The highest BCUT2D eigenvalue weighted by Crippen LogP contribution is 2.44. The Hall–Kier alpha value is -3.35. The van der Waals surface area contributed by atoms with Crippen LogP contribution in [0.4, 0.5) is 4.79 Å². The van der Waals surface area contributed by atoms with E-state index in [0.717, 1.165) is 19.3 Å². The Balaban J connectivity index is 1.07. The predicted octanol–water partition coefficient (Wildman–Crippen LogP) is 3.87. The molecule has 2 N–H and O–H groups in total. The number of aliphatic carboxylic acids is 1. The molecule has 2 fully saturated rings. The van der Waals surface area contributed by atoms with Gasteiger partial charge in [0, 0.05) is 37.9 Å². The zero-order valence-electron chi connectivity index (χ0n) is 19.1. The maximum atomic E-state index is 12.7. The molecule has 1 saturated carbocycles. The highest BCUT2D eigenvalue weighted by molar-refractivity contribution is 5.82. The minimum Gasteiger partial charge on any atom is -0.481 e. The summed E-state index contributed by atoms with van der Waals surface area (Å²) >= 11 is 0. The monoisotopic (exact) mass is 462 g/mol. The molecule has 1 aliphatic heterocycles. The van der Waals surface area contributed by atoms with Gasteiger partial charge in [-0.25, -0.2) is 4.79 Å². The number of carboxylic acid groups (broad SMARTS) is 1. The van der Waals surface area contributed by atoms with Crippen molar-refractivity contribution in [2.75, 3.05) is 26.2 Å². The number of likely N-dealkylation sites (tertiary alicyclic amines) is 1. The van der Waals surface area contributed by atoms with Crippen molar-refractivity contribution < 1.29 is 24.2 Å². The van der Waals surface area contributed by atoms with Crippen molar-refractivity contribution in [3.63, 3.8) is 0 Å². The molecule has 178 valence electrons. The van der Waals surface area contributed by atoms with Crippen molar-refractivity contribution in [1.82, 2.24) is 10.2 Å². The van der Waals surface area contributed by atoms with E-state index in [2.05, 4.69) is 29.6 Å². The topological polar surface area (TPSA) is 95.9 Å². The molecule has 0 radical (unpaired) electrons. The lowest BCUT2D eigenvalue weighted by molar-refractivity contribution is -0.139. The van der Waals surface area contributed by atoms with Crippen LogP contribution in [-0.2, 0) is 14.3 Å². The van der Waals surface area contributed by atoms with E-state index in [1.54, 1.807) is 0 Å². The first-order valence-electron chi connectivity index (χ1n) is 12.1. The van der Waals surface area contributed by atoms with Crippen LogP contribution in [0.15, 0.2) is 48.5 Å². The standard InChI is InChI=1S/C27H30N2O5/c30-25(31)13-17-9-11-29(12-10-17)26(32)23-14-18(23)15-28-27(33)34-16-24-21-7-3-1-5-19(21)20-6-2-4-8-22(20)24/h1-8,17-18,23-24H,9-16H2,(H,28,33)(H,30,31). The summed E-state index contributed by atoms with van der Waals surface area (Å²) in [7, 11) is 0. The smallest absolute Gasteiger partial charge is 0.407 e. The fraction of sp³-hybridized carbons (Fsp3) is 0.444. The molecule has 5 rings (SSSR count). The summed E-state index contributed by atoms with van der Waals surface area (Å²) in [5.74, 6) is -0.363. The van der Waals surface area contributed by atoms with Gasteiger partial charge in [-0.1, -0.05) is 48.5 Å². The minimum absolute atomic E-state index is 0.0254. The van der Waals surface area contributed by atoms with Gasteiger partial charge in [0.2, 0.25) is 5.91 Å². The first-order chi connectivity index (χ1) is 16.5. The molecule has 2 aromatic carbocycles. The molecule has 2 aromatic rings. The van der Waals surface area contributed by atoms with Crippen LogP contribution < -0.4 is 5.32 Å². The molecule has 0 aromatic heterocycles. The number of hydrogen-bond acceptors (Lipinski definition) is 4. The lowest BCUT2D eigenvalue weighted by Crippen LogP contribution is -2.40. The van der Waals surface area contributed by atoms with E-state index >= 15 is 0 Å². The number of carbonyl (C=O) groups is 3. The van der Waals surface area contributed by atoms with Gasteiger partial charge in [0.05, 0.1) is 0 Å². The summed E-state index contributed by atoms with van der Waals surface area (Å²) in [5, 5.41) is 11.8. The SMILES string of the molecule is O=C(O)CC1CCN(C(=O)C2CC2CNC(=O)OCC2c3ccccc3-c3ccccc32)CC1. The molecule has 7 nitrogen and oxygen atoms in total. The Bertz CT molecular complexity index is 1050. The third-order valence-corrected chi connectivity index (χ3v) is 7.48. The van der Waals surface area contributed by atoms with Crippen LogP contribution in [-0.4, -0.2) is 54.2 Å². The third-order valence-electron chi connectivity index (χ3n) is 7.48. The summed E-state index contributed by atoms with van der Waals surface area (Å²) < 4.78 is 5.58. The second-order valence-electron chi connectivity index (χ2n) is 9.68. The Kier molecular flexibility index (Phi) is 6.26. The number of carbonyl (C=O) groups excluding carboxylic acids is 2. The first-order valence-corrected chi connectivity index (χ1v) is 12.1. The minimum atomic E-state index is -0.772. The average molecular weight is 463 g/mol. The molecule has 2 amide bonds. The van der Waals surface area contributed by atoms with Crippen LogP contribution in [0, 0.1) is 17.8 Å². The van der Waals surface area contributed by atoms with Crippen LogP contribution in [0.5, 0.6) is 0 Å². The van der Waals surface area contributed by atoms with Gasteiger partial charge < -0.3 is 20.1 Å². The summed E-state index contributed by atoms with van der Waals surface area (Å²) in [6.07, 6.45) is 1.99. The molecule has 1 heterocycles. The van der Waals surface area contributed by atoms with Crippen LogP contribution >= 0.6 is 0 Å². The molecule has 0 bridgehead atoms. The average Bonchev–Trinajstić information content (AvgIpc) is 3.56. The van der Waals surface area contributed by atoms with Gasteiger partial charge in [-0.3, -0.25) is 9.59 Å². The zero-order chi connectivity index (χ0) is 23.7. The van der Waals surface area contributed by atoms with Gasteiger partial charge in [0.1, 0.15) is 6.61 Å². The normalized spacial score (nSPS) is 21.5. The van der Waals surface area contributed by atoms with Crippen LogP contribution in [0.2, 0.25) is 0 Å². The molecule has 2 unspecified atom stereocenters. The predicted molar refractivity (Wildman–Crippen MR) is 126 cm³/mol. The number of carboxylic acids is 1. The highest BCUT2D eigenvalue weighted by atomic mass is 16.5. The van der Waals surface area contributed by atoms with Crippen molar-refractivity contribution in [2.45, 2.75) is 31.6 Å². The molecule has 34 heavy (non-hydrogen) atoms. The van der Waals surface area contributed by atoms with Gasteiger partial charge in [0.15, 0.2) is 0 Å². The van der Waals surface area contributed by atoms with Crippen LogP contribution in [0.3, 0.4) is 0 Å². The van der Waals surface area contributed by atoms with Crippen LogP contribution in [0.25, 0.3) is 11.1 Å². The number of piperidine rings is 1. The maximum absolute atomic E-state index is 12.7. The van der Waals surface area contributed by atoms with Crippen molar-refractivity contribution in [3.8, 4) is 11.1 Å². The number of nitrogens with zero attached hydrogens (tertiary/aromatic N) is 1. The van der Waals surface area contributed by atoms with Gasteiger partial charge >= 0.3 is 12.1 Å². The molecule has 2 aliphatic carbocycles. The lowest BCUT2D eigenvalue weighted by atomic mass is 9.93. The Morgan fingerprint density at radius 2 is 1.59 bits per heavy atom. The van der Waals surface area contributed by atoms with Gasteiger partial charge in [-0.05, 0) is 53.4 Å². The Morgan fingerprint density at radius 3 is 2.21 bits per heavy atom. The fourth-order valence-electron chi connectivity index (χ4n) is 5.48. The fourth-order valence-corrected chi connectivity index (χ4v) is 5.48. The number of ether oxygens (including phenoxy) is 1. The van der Waals surface area contributed by atoms with Gasteiger partial charge in [0.25, 0.3) is 0 Å². The lowest BCUT2D eigenvalue weighted by Gasteiger charge is -2.31. The quantitative estimate of drug-likeness (QED) is 0.651. The van der Waals surface area contributed by atoms with E-state index in [9.17, 15) is 14.4 Å². The largest absolute Gasteiger partial charge is 0.481 e. The van der Waals surface area contributed by atoms with Crippen molar-refractivity contribution in [3.05, 3.63) is 59.7 Å². The number of benzene rings is 2. The van der Waals surface area contributed by atoms with Gasteiger partial charge in [-0.2, -0.15) is 0 Å². The second kappa shape index (κ2) is 9.49. The van der Waals surface area contributed by atoms with Crippen molar-refractivity contribution >= 4 is 18.0 Å². The summed E-state index contributed by atoms with van der Waals surface area (Å²) in [5.41, 5.74) is 4.74. The number of nitrogens with one attached hydrogen (secondary N) is 1. The second-order valence-corrected chi connectivity index (χ2v) is 9.68. The van der Waals surface area contributed by atoms with Crippen molar-refractivity contribution in [1.29, 1.82) is 0 Å². The van der Waals surface area contributed by atoms with Crippen molar-refractivity contribution in [2.24, 2.45) is 17.8 Å². The number of amides is 2. The molecular weight excluding hydrogens is 432 g/mol. The third kappa shape index (κ3) is 4.65. The highest BCUT2D eigenvalue weighted by Gasteiger charge is 2.45. The Morgan fingerprint density at radius 1 is 0.971 bits per heavy atom. The molecule has 2 atom stereocenters. The van der Waals surface area contributed by atoms with E-state index in [1.807, 2.05) is 29.2 Å². The number of alkyl carbamates (subject to hydrolysis) is 1. The summed E-state index contributed by atoms with van der Waals surface area (Å²) in [6.45, 7) is 1.96. The summed E-state index contributed by atoms with van der Waals surface area (Å²) in [4.78, 5) is 37.9. The van der Waals surface area contributed by atoms with E-state index in [4.69, 9.17) is 9.84 Å². The van der Waals surface area contributed by atoms with E-state index in [0.29, 0.717) is 19.6 Å². The number of hydrogen-bond donors (Lipinski definition) is 2. The molecule has 1 saturated heterocycles. The molecule has 7 heteroatoms. The van der Waals surface area contributed by atoms with E-state index < -0.39 is 12.1 Å². The van der Waals surface area contributed by atoms with Gasteiger partial charge in [-0.15, -0.1) is 0 Å². The van der Waals surface area contributed by atoms with E-state index in [-0.39, 0.29) is 42.6 Å². The summed E-state index contributed by atoms with van der Waals surface area (Å²) in [6, 6.07) is 16.5. The number of rotatable bonds is 7. The molecule has 0 spiro atoms. The van der Waals surface area contributed by atoms with Crippen LogP contribution in [0.1, 0.15) is 42.7 Å². The molecular formula is C27H30N2O5. The zero-order valence-corrected chi connectivity index (χ0v) is 19.1. The maximum Gasteiger partial charge on any atom is 0.407 e.